The van der Waals surface area contributed by atoms with Gasteiger partial charge in [-0.1, -0.05) is 31.2 Å². The Balaban J connectivity index is 2.27. The minimum atomic E-state index is -1.19. The number of benzene rings is 1. The van der Waals surface area contributed by atoms with Gasteiger partial charge in [0.2, 0.25) is 0 Å². The molecule has 0 radical (unpaired) electrons. The molecular weight excluding hydrogens is 391 g/mol. The maximum atomic E-state index is 14.0. The minimum absolute atomic E-state index is 0.0549. The van der Waals surface area contributed by atoms with Crippen LogP contribution in [0.15, 0.2) is 21.7 Å². The van der Waals surface area contributed by atoms with E-state index in [1.165, 1.54) is 17.0 Å². The van der Waals surface area contributed by atoms with Crippen LogP contribution in [-0.4, -0.2) is 24.2 Å². The van der Waals surface area contributed by atoms with E-state index < -0.39 is 19.5 Å². The van der Waals surface area contributed by atoms with Crippen LogP contribution in [0, 0.1) is 5.82 Å². The topological polar surface area (TPSA) is 44.1 Å². The summed E-state index contributed by atoms with van der Waals surface area (Å²) in [5.41, 5.74) is -0.346. The molecule has 1 aromatic heterocycles. The van der Waals surface area contributed by atoms with E-state index in [-0.39, 0.29) is 22.7 Å². The highest BCUT2D eigenvalue weighted by molar-refractivity contribution is 9.10. The van der Waals surface area contributed by atoms with E-state index in [2.05, 4.69) is 40.6 Å². The van der Waals surface area contributed by atoms with Crippen molar-refractivity contribution < 1.29 is 9.13 Å². The van der Waals surface area contributed by atoms with Gasteiger partial charge >= 0.3 is 0 Å². The van der Waals surface area contributed by atoms with E-state index in [1.54, 1.807) is 0 Å². The maximum absolute atomic E-state index is 14.0. The largest absolute Gasteiger partial charge is 0.361 e. The van der Waals surface area contributed by atoms with Crippen LogP contribution in [0.4, 0.5) is 4.39 Å². The van der Waals surface area contributed by atoms with Gasteiger partial charge in [0.05, 0.1) is 5.02 Å². The van der Waals surface area contributed by atoms with Crippen molar-refractivity contribution in [1.29, 1.82) is 0 Å². The normalized spacial score (nSPS) is 12.1. The highest BCUT2D eigenvalue weighted by Crippen LogP contribution is 2.30. The van der Waals surface area contributed by atoms with Crippen LogP contribution in [0.25, 0.3) is 10.9 Å². The van der Waals surface area contributed by atoms with Crippen LogP contribution in [0.5, 0.6) is 0 Å². The lowest BCUT2D eigenvalue weighted by Crippen LogP contribution is -2.25. The van der Waals surface area contributed by atoms with Crippen molar-refractivity contribution in [1.82, 2.24) is 9.55 Å². The molecule has 0 saturated carbocycles. The Hall–Kier alpha value is -0.763. The smallest absolute Gasteiger partial charge is 0.266 e. The van der Waals surface area contributed by atoms with Gasteiger partial charge in [0, 0.05) is 19.2 Å². The number of hydrogen-bond donors (Lipinski definition) is 0. The molecule has 0 unspecified atom stereocenters. The first-order valence-electron chi connectivity index (χ1n) is 6.81. The van der Waals surface area contributed by atoms with Crippen LogP contribution < -0.4 is 5.56 Å². The Morgan fingerprint density at radius 3 is 2.77 bits per heavy atom. The van der Waals surface area contributed by atoms with Gasteiger partial charge in [-0.05, 0) is 28.0 Å². The van der Waals surface area contributed by atoms with Gasteiger partial charge in [0.25, 0.3) is 5.56 Å². The Labute approximate surface area is 142 Å². The molecular formula is C14H17BrClFN2O2Si. The van der Waals surface area contributed by atoms with E-state index in [1.807, 2.05) is 0 Å². The molecule has 4 nitrogen and oxygen atoms in total. The Bertz CT molecular complexity index is 761. The standard InChI is InChI=1S/C14H17BrClFN2O2Si/c1-22(2,3)5-4-21-8-19-7-18-13-11(14(19)20)10(17)6-9(15)12(13)16/h6-7H,4-5,8H2,1-3H3. The summed E-state index contributed by atoms with van der Waals surface area (Å²) in [5.74, 6) is -0.653. The second kappa shape index (κ2) is 6.78. The number of hydrogen-bond acceptors (Lipinski definition) is 3. The van der Waals surface area contributed by atoms with Crippen molar-refractivity contribution >= 4 is 46.5 Å². The van der Waals surface area contributed by atoms with E-state index in [9.17, 15) is 9.18 Å². The summed E-state index contributed by atoms with van der Waals surface area (Å²) in [5, 5.41) is 0.102. The summed E-state index contributed by atoms with van der Waals surface area (Å²) in [6.07, 6.45) is 1.33. The maximum Gasteiger partial charge on any atom is 0.266 e. The van der Waals surface area contributed by atoms with E-state index in [0.717, 1.165) is 6.04 Å². The molecule has 0 N–H and O–H groups in total. The molecule has 0 bridgehead atoms. The first kappa shape index (κ1) is 17.6. The zero-order valence-corrected chi connectivity index (χ0v) is 16.0. The quantitative estimate of drug-likeness (QED) is 0.422. The molecule has 0 amide bonds. The second-order valence-electron chi connectivity index (χ2n) is 6.25. The van der Waals surface area contributed by atoms with Gasteiger partial charge in [-0.2, -0.15) is 0 Å². The Morgan fingerprint density at radius 2 is 2.14 bits per heavy atom. The first-order valence-corrected chi connectivity index (χ1v) is 11.7. The molecule has 1 aromatic carbocycles. The molecule has 0 spiro atoms. The Morgan fingerprint density at radius 1 is 1.45 bits per heavy atom. The van der Waals surface area contributed by atoms with Crippen LogP contribution >= 0.6 is 27.5 Å². The molecule has 0 aliphatic rings. The molecule has 0 saturated heterocycles. The molecule has 2 aromatic rings. The van der Waals surface area contributed by atoms with Crippen LogP contribution in [0.2, 0.25) is 30.7 Å². The summed E-state index contributed by atoms with van der Waals surface area (Å²) >= 11 is 9.19. The fourth-order valence-electron chi connectivity index (χ4n) is 1.86. The molecule has 1 heterocycles. The zero-order valence-electron chi connectivity index (χ0n) is 12.6. The summed E-state index contributed by atoms with van der Waals surface area (Å²) < 4.78 is 21.2. The van der Waals surface area contributed by atoms with Gasteiger partial charge in [0.1, 0.15) is 29.8 Å². The predicted molar refractivity (Wildman–Crippen MR) is 92.8 cm³/mol. The summed E-state index contributed by atoms with van der Waals surface area (Å²) in [7, 11) is -1.19. The van der Waals surface area contributed by atoms with Gasteiger partial charge in [-0.15, -0.1) is 0 Å². The number of ether oxygens (including phenoxy) is 1. The van der Waals surface area contributed by atoms with Gasteiger partial charge in [0.15, 0.2) is 0 Å². The third-order valence-electron chi connectivity index (χ3n) is 3.17. The lowest BCUT2D eigenvalue weighted by molar-refractivity contribution is 0.0844. The van der Waals surface area contributed by atoms with Gasteiger partial charge < -0.3 is 4.74 Å². The minimum Gasteiger partial charge on any atom is -0.361 e. The SMILES string of the molecule is C[Si](C)(C)CCOCn1cnc2c(Cl)c(Br)cc(F)c2c1=O. The fourth-order valence-corrected chi connectivity index (χ4v) is 3.21. The molecule has 0 aliphatic heterocycles. The van der Waals surface area contributed by atoms with E-state index >= 15 is 0 Å². The third kappa shape index (κ3) is 3.95. The third-order valence-corrected chi connectivity index (χ3v) is 6.11. The summed E-state index contributed by atoms with van der Waals surface area (Å²) in [6.45, 7) is 7.36. The fraction of sp³-hybridized carbons (Fsp3) is 0.429. The molecule has 0 fully saturated rings. The molecule has 0 aliphatic carbocycles. The van der Waals surface area contributed by atoms with Crippen LogP contribution in [0.3, 0.4) is 0 Å². The highest BCUT2D eigenvalue weighted by Gasteiger charge is 2.16. The summed E-state index contributed by atoms with van der Waals surface area (Å²) in [6, 6.07) is 2.17. The number of aromatic nitrogens is 2. The van der Waals surface area contributed by atoms with Crippen molar-refractivity contribution in [3.05, 3.63) is 38.1 Å². The number of rotatable bonds is 5. The first-order chi connectivity index (χ1) is 10.2. The molecule has 0 atom stereocenters. The predicted octanol–water partition coefficient (Wildman–Crippen LogP) is 4.26. The van der Waals surface area contributed by atoms with Crippen molar-refractivity contribution in [2.24, 2.45) is 0 Å². The van der Waals surface area contributed by atoms with Crippen molar-refractivity contribution in [3.8, 4) is 0 Å². The van der Waals surface area contributed by atoms with Crippen molar-refractivity contribution in [2.45, 2.75) is 32.4 Å². The lowest BCUT2D eigenvalue weighted by Gasteiger charge is -2.15. The van der Waals surface area contributed by atoms with Crippen LogP contribution in [-0.2, 0) is 11.5 Å². The molecule has 8 heteroatoms. The second-order valence-corrected chi connectivity index (χ2v) is 13.1. The number of nitrogens with zero attached hydrogens (tertiary/aromatic N) is 2. The van der Waals surface area contributed by atoms with Crippen LogP contribution in [0.1, 0.15) is 0 Å². The van der Waals surface area contributed by atoms with E-state index in [0.29, 0.717) is 11.1 Å². The Kier molecular flexibility index (Phi) is 5.42. The summed E-state index contributed by atoms with van der Waals surface area (Å²) in [4.78, 5) is 16.4. The van der Waals surface area contributed by atoms with E-state index in [4.69, 9.17) is 16.3 Å². The molecule has 22 heavy (non-hydrogen) atoms. The zero-order chi connectivity index (χ0) is 16.5. The van der Waals surface area contributed by atoms with Crippen molar-refractivity contribution in [2.75, 3.05) is 6.61 Å². The average molecular weight is 408 g/mol. The monoisotopic (exact) mass is 406 g/mol. The number of fused-ring (bicyclic) bond motifs is 1. The molecule has 120 valence electrons. The average Bonchev–Trinajstić information content (AvgIpc) is 2.41. The highest BCUT2D eigenvalue weighted by atomic mass is 79.9. The van der Waals surface area contributed by atoms with Crippen molar-refractivity contribution in [3.63, 3.8) is 0 Å². The number of halogens is 3. The lowest BCUT2D eigenvalue weighted by atomic mass is 10.2. The van der Waals surface area contributed by atoms with Gasteiger partial charge in [-0.25, -0.2) is 9.37 Å². The molecule has 2 rings (SSSR count). The van der Waals surface area contributed by atoms with Gasteiger partial charge in [-0.3, -0.25) is 9.36 Å².